The van der Waals surface area contributed by atoms with Gasteiger partial charge >= 0.3 is 17.9 Å². The third-order valence-electron chi connectivity index (χ3n) is 14.5. The lowest BCUT2D eigenvalue weighted by molar-refractivity contribution is -0.167. The summed E-state index contributed by atoms with van der Waals surface area (Å²) in [5, 5.41) is 0. The van der Waals surface area contributed by atoms with Gasteiger partial charge in [-0.05, 0) is 103 Å². The van der Waals surface area contributed by atoms with Gasteiger partial charge in [-0.3, -0.25) is 14.4 Å². The summed E-state index contributed by atoms with van der Waals surface area (Å²) in [6, 6.07) is 0. The molecule has 0 amide bonds. The van der Waals surface area contributed by atoms with E-state index in [2.05, 4.69) is 130 Å². The molecule has 0 radical (unpaired) electrons. The number of rotatable bonds is 61. The van der Waals surface area contributed by atoms with Crippen LogP contribution in [0.4, 0.5) is 0 Å². The van der Waals surface area contributed by atoms with Gasteiger partial charge in [-0.15, -0.1) is 0 Å². The van der Waals surface area contributed by atoms with Gasteiger partial charge in [0.25, 0.3) is 0 Å². The first-order valence-corrected chi connectivity index (χ1v) is 33.9. The normalized spacial score (nSPS) is 12.8. The Balaban J connectivity index is 4.14. The van der Waals surface area contributed by atoms with Crippen molar-refractivity contribution in [3.63, 3.8) is 0 Å². The van der Waals surface area contributed by atoms with Crippen molar-refractivity contribution in [1.29, 1.82) is 0 Å². The van der Waals surface area contributed by atoms with Crippen LogP contribution in [-0.2, 0) is 28.6 Å². The van der Waals surface area contributed by atoms with E-state index < -0.39 is 6.10 Å². The van der Waals surface area contributed by atoms with Gasteiger partial charge in [-0.2, -0.15) is 0 Å². The number of allylic oxidation sites excluding steroid dienone is 18. The van der Waals surface area contributed by atoms with Crippen molar-refractivity contribution in [2.75, 3.05) is 13.2 Å². The van der Waals surface area contributed by atoms with E-state index >= 15 is 0 Å². The standard InChI is InChI=1S/C74H126O6/c1-4-7-10-13-16-19-21-23-25-27-29-31-33-35-37-39-41-43-45-47-49-51-53-55-58-61-64-67-73(76)79-70-71(69-78-72(75)66-63-60-57-18-15-12-9-6-3)80-74(77)68-65-62-59-56-54-52-50-48-46-44-42-40-38-36-34-32-30-28-26-24-22-20-17-14-11-8-5-2/h7-8,10-11,16-17,19-20,23-26,29-32,35,37,71H,4-6,9,12-15,18,21-22,27-28,33-34,36,38-70H2,1-3H3/b10-7-,11-8-,19-16-,20-17-,25-23-,26-24-,31-29-,32-30-,37-35-. The molecule has 1 atom stereocenters. The van der Waals surface area contributed by atoms with Crippen molar-refractivity contribution in [2.45, 2.75) is 329 Å². The molecule has 458 valence electrons. The van der Waals surface area contributed by atoms with E-state index in [0.29, 0.717) is 19.3 Å². The van der Waals surface area contributed by atoms with Crippen molar-refractivity contribution in [3.05, 3.63) is 109 Å². The molecule has 6 heteroatoms. The van der Waals surface area contributed by atoms with Gasteiger partial charge in [-0.1, -0.05) is 310 Å². The van der Waals surface area contributed by atoms with Crippen molar-refractivity contribution < 1.29 is 28.6 Å². The van der Waals surface area contributed by atoms with Crippen molar-refractivity contribution >= 4 is 17.9 Å². The molecule has 0 aromatic rings. The Hall–Kier alpha value is -3.93. The molecule has 0 saturated carbocycles. The SMILES string of the molecule is CC/C=C\C/C=C\C/C=C\C/C=C\C/C=C\CCCCCCCCCCCCCC(=O)OCC(COC(=O)CCCCCCCCCC)OC(=O)CCCCCCCCCCCCCCCC/C=C\C/C=C\C/C=C\C/C=C\CC. The summed E-state index contributed by atoms with van der Waals surface area (Å²) >= 11 is 0. The summed E-state index contributed by atoms with van der Waals surface area (Å²) in [5.41, 5.74) is 0. The molecule has 0 saturated heterocycles. The minimum Gasteiger partial charge on any atom is -0.462 e. The largest absolute Gasteiger partial charge is 0.462 e. The molecule has 0 N–H and O–H groups in total. The van der Waals surface area contributed by atoms with Gasteiger partial charge in [0.2, 0.25) is 0 Å². The highest BCUT2D eigenvalue weighted by molar-refractivity contribution is 5.71. The number of unbranched alkanes of at least 4 members (excludes halogenated alkanes) is 32. The summed E-state index contributed by atoms with van der Waals surface area (Å²) in [7, 11) is 0. The van der Waals surface area contributed by atoms with Gasteiger partial charge in [0.1, 0.15) is 13.2 Å². The zero-order chi connectivity index (χ0) is 57.8. The van der Waals surface area contributed by atoms with Crippen LogP contribution in [0, 0.1) is 0 Å². The van der Waals surface area contributed by atoms with E-state index in [4.69, 9.17) is 14.2 Å². The Morgan fingerprint density at radius 1 is 0.263 bits per heavy atom. The minimum atomic E-state index is -0.778. The van der Waals surface area contributed by atoms with E-state index in [1.165, 1.54) is 167 Å². The summed E-state index contributed by atoms with van der Waals surface area (Å²) < 4.78 is 16.9. The molecular formula is C74H126O6. The fourth-order valence-corrected chi connectivity index (χ4v) is 9.52. The van der Waals surface area contributed by atoms with Crippen LogP contribution >= 0.6 is 0 Å². The molecule has 0 rings (SSSR count). The number of hydrogen-bond acceptors (Lipinski definition) is 6. The number of carbonyl (C=O) groups excluding carboxylic acids is 3. The second-order valence-corrected chi connectivity index (χ2v) is 22.3. The molecule has 6 nitrogen and oxygen atoms in total. The van der Waals surface area contributed by atoms with Crippen molar-refractivity contribution in [2.24, 2.45) is 0 Å². The van der Waals surface area contributed by atoms with E-state index in [0.717, 1.165) is 116 Å². The minimum absolute atomic E-state index is 0.0762. The second kappa shape index (κ2) is 67.6. The molecule has 0 aliphatic heterocycles. The highest BCUT2D eigenvalue weighted by atomic mass is 16.6. The fraction of sp³-hybridized carbons (Fsp3) is 0.716. The maximum absolute atomic E-state index is 12.9. The van der Waals surface area contributed by atoms with Crippen LogP contribution < -0.4 is 0 Å². The van der Waals surface area contributed by atoms with Crippen LogP contribution in [0.1, 0.15) is 323 Å². The molecule has 1 unspecified atom stereocenters. The molecular weight excluding hydrogens is 985 g/mol. The highest BCUT2D eigenvalue weighted by Gasteiger charge is 2.19. The maximum atomic E-state index is 12.9. The Labute approximate surface area is 495 Å². The molecule has 80 heavy (non-hydrogen) atoms. The quantitative estimate of drug-likeness (QED) is 0.0261. The number of hydrogen-bond donors (Lipinski definition) is 0. The molecule has 0 fully saturated rings. The van der Waals surface area contributed by atoms with Gasteiger partial charge < -0.3 is 14.2 Å². The van der Waals surface area contributed by atoms with Crippen molar-refractivity contribution in [3.8, 4) is 0 Å². The van der Waals surface area contributed by atoms with Crippen LogP contribution in [0.25, 0.3) is 0 Å². The Bertz CT molecular complexity index is 1610. The smallest absolute Gasteiger partial charge is 0.306 e. The van der Waals surface area contributed by atoms with Gasteiger partial charge in [0.05, 0.1) is 0 Å². The zero-order valence-electron chi connectivity index (χ0n) is 52.6. The lowest BCUT2D eigenvalue weighted by Gasteiger charge is -2.18. The van der Waals surface area contributed by atoms with Gasteiger partial charge in [-0.25, -0.2) is 0 Å². The number of carbonyl (C=O) groups is 3. The van der Waals surface area contributed by atoms with E-state index in [1.54, 1.807) is 0 Å². The summed E-state index contributed by atoms with van der Waals surface area (Å²) in [6.07, 6.45) is 92.7. The number of esters is 3. The zero-order valence-corrected chi connectivity index (χ0v) is 52.6. The Morgan fingerprint density at radius 2 is 0.487 bits per heavy atom. The monoisotopic (exact) mass is 1110 g/mol. The van der Waals surface area contributed by atoms with Crippen molar-refractivity contribution in [1.82, 2.24) is 0 Å². The number of ether oxygens (including phenoxy) is 3. The molecule has 0 aliphatic carbocycles. The summed E-state index contributed by atoms with van der Waals surface area (Å²) in [6.45, 7) is 6.41. The Morgan fingerprint density at radius 3 is 0.762 bits per heavy atom. The average Bonchev–Trinajstić information content (AvgIpc) is 3.46. The lowest BCUT2D eigenvalue weighted by Crippen LogP contribution is -2.30. The summed E-state index contributed by atoms with van der Waals surface area (Å²) in [4.78, 5) is 38.2. The first kappa shape index (κ1) is 76.1. The molecule has 0 aromatic heterocycles. The first-order valence-electron chi connectivity index (χ1n) is 33.9. The van der Waals surface area contributed by atoms with Crippen LogP contribution in [0.15, 0.2) is 109 Å². The van der Waals surface area contributed by atoms with Gasteiger partial charge in [0.15, 0.2) is 6.10 Å². The predicted molar refractivity (Wildman–Crippen MR) is 348 cm³/mol. The fourth-order valence-electron chi connectivity index (χ4n) is 9.52. The maximum Gasteiger partial charge on any atom is 0.306 e. The van der Waals surface area contributed by atoms with Gasteiger partial charge in [0, 0.05) is 19.3 Å². The van der Waals surface area contributed by atoms with Crippen LogP contribution in [0.3, 0.4) is 0 Å². The van der Waals surface area contributed by atoms with Crippen LogP contribution in [0.5, 0.6) is 0 Å². The predicted octanol–water partition coefficient (Wildman–Crippen LogP) is 23.4. The second-order valence-electron chi connectivity index (χ2n) is 22.3. The average molecular weight is 1110 g/mol. The Kier molecular flexibility index (Phi) is 64.3. The van der Waals surface area contributed by atoms with E-state index in [1.807, 2.05) is 0 Å². The topological polar surface area (TPSA) is 78.9 Å². The molecule has 0 aromatic carbocycles. The third kappa shape index (κ3) is 64.9. The van der Waals surface area contributed by atoms with E-state index in [9.17, 15) is 14.4 Å². The molecule has 0 heterocycles. The first-order chi connectivity index (χ1) is 39.5. The highest BCUT2D eigenvalue weighted by Crippen LogP contribution is 2.17. The van der Waals surface area contributed by atoms with Crippen LogP contribution in [0.2, 0.25) is 0 Å². The summed E-state index contributed by atoms with van der Waals surface area (Å²) in [5.74, 6) is -0.873. The van der Waals surface area contributed by atoms with Crippen LogP contribution in [-0.4, -0.2) is 37.2 Å². The molecule has 0 aliphatic rings. The van der Waals surface area contributed by atoms with E-state index in [-0.39, 0.29) is 31.1 Å². The molecule has 0 spiro atoms. The third-order valence-corrected chi connectivity index (χ3v) is 14.5. The molecule has 0 bridgehead atoms. The lowest BCUT2D eigenvalue weighted by atomic mass is 10.0.